The van der Waals surface area contributed by atoms with Crippen LogP contribution >= 0.6 is 0 Å². The van der Waals surface area contributed by atoms with E-state index in [1.807, 2.05) is 0 Å². The Kier molecular flexibility index (Phi) is 4.08. The third-order valence-corrected chi connectivity index (χ3v) is 3.40. The van der Waals surface area contributed by atoms with E-state index < -0.39 is 18.0 Å². The second-order valence-electron chi connectivity index (χ2n) is 5.26. The lowest BCUT2D eigenvalue weighted by atomic mass is 10.2. The van der Waals surface area contributed by atoms with Gasteiger partial charge in [-0.05, 0) is 24.6 Å². The van der Waals surface area contributed by atoms with Crippen molar-refractivity contribution < 1.29 is 17.6 Å². The third kappa shape index (κ3) is 3.44. The van der Waals surface area contributed by atoms with Gasteiger partial charge in [-0.2, -0.15) is 13.2 Å². The van der Waals surface area contributed by atoms with Gasteiger partial charge in [-0.3, -0.25) is 0 Å². The zero-order chi connectivity index (χ0) is 17.3. The van der Waals surface area contributed by atoms with E-state index in [4.69, 9.17) is 0 Å². The Balaban J connectivity index is 1.77. The van der Waals surface area contributed by atoms with Crippen molar-refractivity contribution in [1.82, 2.24) is 19.9 Å². The molecule has 0 aliphatic heterocycles. The molecule has 24 heavy (non-hydrogen) atoms. The van der Waals surface area contributed by atoms with Crippen LogP contribution in [0.2, 0.25) is 0 Å². The summed E-state index contributed by atoms with van der Waals surface area (Å²) < 4.78 is 51.3. The van der Waals surface area contributed by atoms with Gasteiger partial charge in [0.05, 0.1) is 5.69 Å². The topological polar surface area (TPSA) is 66.5 Å². The number of fused-ring (bicyclic) bond motifs is 1. The SMILES string of the molecule is CC(F)c1cc(NCc2cnc3[nH]c(C(F)(F)F)cc3c2)ncn1. The molecule has 3 aromatic rings. The predicted octanol–water partition coefficient (Wildman–Crippen LogP) is 4.01. The minimum Gasteiger partial charge on any atom is -0.366 e. The van der Waals surface area contributed by atoms with E-state index in [0.29, 0.717) is 16.8 Å². The quantitative estimate of drug-likeness (QED) is 0.705. The molecule has 2 N–H and O–H groups in total. The van der Waals surface area contributed by atoms with Crippen LogP contribution in [0.5, 0.6) is 0 Å². The maximum Gasteiger partial charge on any atom is 0.431 e. The van der Waals surface area contributed by atoms with Crippen molar-refractivity contribution in [2.75, 3.05) is 5.32 Å². The monoisotopic (exact) mass is 339 g/mol. The van der Waals surface area contributed by atoms with Crippen molar-refractivity contribution in [2.24, 2.45) is 0 Å². The molecule has 0 saturated carbocycles. The summed E-state index contributed by atoms with van der Waals surface area (Å²) in [6.45, 7) is 1.65. The van der Waals surface area contributed by atoms with Gasteiger partial charge in [0.25, 0.3) is 0 Å². The highest BCUT2D eigenvalue weighted by molar-refractivity contribution is 5.77. The number of aromatic nitrogens is 4. The molecule has 1 atom stereocenters. The number of hydrogen-bond acceptors (Lipinski definition) is 4. The number of aromatic amines is 1. The number of nitrogens with one attached hydrogen (secondary N) is 2. The highest BCUT2D eigenvalue weighted by Gasteiger charge is 2.32. The Morgan fingerprint density at radius 3 is 2.67 bits per heavy atom. The van der Waals surface area contributed by atoms with Crippen molar-refractivity contribution in [1.29, 1.82) is 0 Å². The summed E-state index contributed by atoms with van der Waals surface area (Å²) in [6.07, 6.45) is -2.95. The van der Waals surface area contributed by atoms with Crippen LogP contribution in [-0.2, 0) is 12.7 Å². The molecule has 9 heteroatoms. The molecule has 0 saturated heterocycles. The van der Waals surface area contributed by atoms with Crippen LogP contribution in [0.25, 0.3) is 11.0 Å². The number of H-pyrrole nitrogens is 1. The summed E-state index contributed by atoms with van der Waals surface area (Å²) in [5, 5.41) is 3.33. The fourth-order valence-corrected chi connectivity index (χ4v) is 2.19. The lowest BCUT2D eigenvalue weighted by molar-refractivity contribution is -0.140. The highest BCUT2D eigenvalue weighted by Crippen LogP contribution is 2.30. The van der Waals surface area contributed by atoms with E-state index in [0.717, 1.165) is 6.07 Å². The zero-order valence-corrected chi connectivity index (χ0v) is 12.5. The van der Waals surface area contributed by atoms with Crippen LogP contribution in [0.15, 0.2) is 30.7 Å². The Labute approximate surface area is 134 Å². The number of hydrogen-bond donors (Lipinski definition) is 2. The van der Waals surface area contributed by atoms with E-state index in [9.17, 15) is 17.6 Å². The maximum absolute atomic E-state index is 13.2. The van der Waals surface area contributed by atoms with Gasteiger partial charge in [0.2, 0.25) is 0 Å². The van der Waals surface area contributed by atoms with E-state index in [1.165, 1.54) is 25.5 Å². The Morgan fingerprint density at radius 2 is 1.96 bits per heavy atom. The average molecular weight is 339 g/mol. The van der Waals surface area contributed by atoms with Gasteiger partial charge in [-0.15, -0.1) is 0 Å². The summed E-state index contributed by atoms with van der Waals surface area (Å²) in [6, 6.07) is 4.09. The average Bonchev–Trinajstić information content (AvgIpc) is 2.96. The second-order valence-corrected chi connectivity index (χ2v) is 5.26. The lowest BCUT2D eigenvalue weighted by Crippen LogP contribution is -2.04. The van der Waals surface area contributed by atoms with Gasteiger partial charge in [0.15, 0.2) is 0 Å². The third-order valence-electron chi connectivity index (χ3n) is 3.40. The van der Waals surface area contributed by atoms with Crippen LogP contribution < -0.4 is 5.32 Å². The fraction of sp³-hybridized carbons (Fsp3) is 0.267. The number of rotatable bonds is 4. The van der Waals surface area contributed by atoms with Crippen molar-refractivity contribution >= 4 is 16.9 Å². The van der Waals surface area contributed by atoms with Crippen molar-refractivity contribution in [2.45, 2.75) is 25.8 Å². The molecule has 0 fully saturated rings. The minimum absolute atomic E-state index is 0.168. The number of nitrogens with zero attached hydrogens (tertiary/aromatic N) is 3. The summed E-state index contributed by atoms with van der Waals surface area (Å²) in [4.78, 5) is 14.0. The molecular weight excluding hydrogens is 326 g/mol. The van der Waals surface area contributed by atoms with Crippen LogP contribution in [0.3, 0.4) is 0 Å². The lowest BCUT2D eigenvalue weighted by Gasteiger charge is -2.07. The molecule has 3 rings (SSSR count). The second kappa shape index (κ2) is 6.06. The van der Waals surface area contributed by atoms with Crippen LogP contribution in [0, 0.1) is 0 Å². The van der Waals surface area contributed by atoms with Crippen molar-refractivity contribution in [3.63, 3.8) is 0 Å². The molecule has 0 aliphatic rings. The first-order valence-corrected chi connectivity index (χ1v) is 7.07. The van der Waals surface area contributed by atoms with Gasteiger partial charge in [0.1, 0.15) is 29.7 Å². The van der Waals surface area contributed by atoms with Crippen molar-refractivity contribution in [3.8, 4) is 0 Å². The van der Waals surface area contributed by atoms with Gasteiger partial charge in [-0.1, -0.05) is 0 Å². The highest BCUT2D eigenvalue weighted by atomic mass is 19.4. The Hall–Kier alpha value is -2.71. The van der Waals surface area contributed by atoms with Crippen molar-refractivity contribution in [3.05, 3.63) is 47.7 Å². The van der Waals surface area contributed by atoms with Gasteiger partial charge in [-0.25, -0.2) is 19.3 Å². The van der Waals surface area contributed by atoms with E-state index in [2.05, 4.69) is 25.3 Å². The first-order valence-electron chi connectivity index (χ1n) is 7.07. The number of anilines is 1. The molecule has 5 nitrogen and oxygen atoms in total. The number of halogens is 4. The number of pyridine rings is 1. The van der Waals surface area contributed by atoms with Gasteiger partial charge < -0.3 is 10.3 Å². The molecule has 0 spiro atoms. The summed E-state index contributed by atoms with van der Waals surface area (Å²) >= 11 is 0. The normalized spacial score (nSPS) is 13.2. The summed E-state index contributed by atoms with van der Waals surface area (Å²) in [5.41, 5.74) is 0.249. The minimum atomic E-state index is -4.44. The Morgan fingerprint density at radius 1 is 1.17 bits per heavy atom. The van der Waals surface area contributed by atoms with E-state index in [1.54, 1.807) is 6.07 Å². The molecule has 1 unspecified atom stereocenters. The largest absolute Gasteiger partial charge is 0.431 e. The maximum atomic E-state index is 13.2. The molecule has 0 aliphatic carbocycles. The summed E-state index contributed by atoms with van der Waals surface area (Å²) in [5.74, 6) is 0.426. The smallest absolute Gasteiger partial charge is 0.366 e. The van der Waals surface area contributed by atoms with Crippen LogP contribution in [0.4, 0.5) is 23.4 Å². The molecule has 0 bridgehead atoms. The Bertz CT molecular complexity index is 856. The number of alkyl halides is 4. The molecule has 3 heterocycles. The zero-order valence-electron chi connectivity index (χ0n) is 12.5. The molecular formula is C15H13F4N5. The first kappa shape index (κ1) is 16.2. The molecule has 126 valence electrons. The fourth-order valence-electron chi connectivity index (χ4n) is 2.19. The molecule has 3 aromatic heterocycles. The standard InChI is InChI=1S/C15H13F4N5/c1-8(16)11-4-13(23-7-22-11)20-5-9-2-10-3-12(15(17,18)19)24-14(10)21-6-9/h2-4,6-8H,5H2,1H3,(H,21,24)(H,20,22,23). The van der Waals surface area contributed by atoms with Gasteiger partial charge >= 0.3 is 6.18 Å². The molecule has 0 amide bonds. The molecule has 0 aromatic carbocycles. The molecule has 0 radical (unpaired) electrons. The van der Waals surface area contributed by atoms with E-state index >= 15 is 0 Å². The first-order chi connectivity index (χ1) is 11.3. The van der Waals surface area contributed by atoms with E-state index in [-0.39, 0.29) is 17.9 Å². The predicted molar refractivity (Wildman–Crippen MR) is 80.0 cm³/mol. The van der Waals surface area contributed by atoms with Crippen LogP contribution in [0.1, 0.15) is 30.0 Å². The van der Waals surface area contributed by atoms with Crippen LogP contribution in [-0.4, -0.2) is 19.9 Å². The summed E-state index contributed by atoms with van der Waals surface area (Å²) in [7, 11) is 0. The van der Waals surface area contributed by atoms with Gasteiger partial charge in [0, 0.05) is 24.2 Å².